The Hall–Kier alpha value is -0.660. The Morgan fingerprint density at radius 3 is 1.26 bits per heavy atom. The minimum atomic E-state index is 0. The van der Waals surface area contributed by atoms with E-state index in [1.54, 1.807) is 0 Å². The first-order chi connectivity index (χ1) is 7.91. The third kappa shape index (κ3) is 17.3. The van der Waals surface area contributed by atoms with Gasteiger partial charge in [0.15, 0.2) is 0 Å². The van der Waals surface area contributed by atoms with Gasteiger partial charge in [-0.25, -0.2) is 0 Å². The third-order valence-corrected chi connectivity index (χ3v) is 2.91. The van der Waals surface area contributed by atoms with Crippen LogP contribution in [0.15, 0.2) is 0 Å². The summed E-state index contributed by atoms with van der Waals surface area (Å²) >= 11 is 0. The van der Waals surface area contributed by atoms with Crippen molar-refractivity contribution in [2.45, 2.75) is 87.5 Å². The number of carbonyl (C=O) groups excluding carboxylic acids is 2. The van der Waals surface area contributed by atoms with Crippen molar-refractivity contribution in [2.24, 2.45) is 11.8 Å². The lowest BCUT2D eigenvalue weighted by Gasteiger charge is -2.05. The molecule has 116 valence electrons. The highest BCUT2D eigenvalue weighted by atomic mass is 16.1. The summed E-state index contributed by atoms with van der Waals surface area (Å²) in [6, 6.07) is 0. The van der Waals surface area contributed by atoms with E-state index in [2.05, 4.69) is 27.7 Å². The van der Waals surface area contributed by atoms with Crippen molar-refractivity contribution in [3.63, 3.8) is 0 Å². The number of Topliss-reactive ketones (excluding diaryl/α,β-unsaturated/α-hetero) is 2. The molecule has 2 nitrogen and oxygen atoms in total. The van der Waals surface area contributed by atoms with E-state index < -0.39 is 0 Å². The lowest BCUT2D eigenvalue weighted by molar-refractivity contribution is -0.120. The van der Waals surface area contributed by atoms with Crippen LogP contribution < -0.4 is 0 Å². The van der Waals surface area contributed by atoms with Gasteiger partial charge in [0.05, 0.1) is 0 Å². The predicted octanol–water partition coefficient (Wildman–Crippen LogP) is 5.44. The number of ketones is 2. The van der Waals surface area contributed by atoms with Crippen LogP contribution in [0.3, 0.4) is 0 Å². The quantitative estimate of drug-likeness (QED) is 0.530. The van der Waals surface area contributed by atoms with Crippen molar-refractivity contribution in [1.82, 2.24) is 0 Å². The summed E-state index contributed by atoms with van der Waals surface area (Å²) in [5.41, 5.74) is 0. The van der Waals surface area contributed by atoms with Crippen LogP contribution in [-0.4, -0.2) is 11.6 Å². The predicted molar refractivity (Wildman–Crippen MR) is 85.5 cm³/mol. The molecule has 0 aliphatic carbocycles. The molecule has 0 spiro atoms. The third-order valence-electron chi connectivity index (χ3n) is 2.91. The van der Waals surface area contributed by atoms with Crippen LogP contribution in [0.1, 0.15) is 87.5 Å². The van der Waals surface area contributed by atoms with E-state index in [9.17, 15) is 9.59 Å². The Labute approximate surface area is 121 Å². The van der Waals surface area contributed by atoms with Crippen LogP contribution in [0.25, 0.3) is 0 Å². The second-order valence-corrected chi connectivity index (χ2v) is 5.80. The lowest BCUT2D eigenvalue weighted by atomic mass is 10.00. The molecule has 0 heterocycles. The van der Waals surface area contributed by atoms with Crippen LogP contribution in [-0.2, 0) is 9.59 Å². The molecule has 0 aliphatic heterocycles. The summed E-state index contributed by atoms with van der Waals surface area (Å²) < 4.78 is 0. The first-order valence-electron chi connectivity index (χ1n) is 6.95. The molecule has 0 aromatic rings. The Balaban J connectivity index is -0.00000128. The van der Waals surface area contributed by atoms with Crippen LogP contribution in [0.4, 0.5) is 0 Å². The van der Waals surface area contributed by atoms with Crippen LogP contribution in [0, 0.1) is 11.8 Å². The van der Waals surface area contributed by atoms with E-state index in [0.717, 1.165) is 19.3 Å². The summed E-state index contributed by atoms with van der Waals surface area (Å²) in [6.07, 6.45) is 5.21. The zero-order valence-electron chi connectivity index (χ0n) is 11.9. The van der Waals surface area contributed by atoms with E-state index in [1.807, 2.05) is 0 Å². The molecule has 0 saturated heterocycles. The minimum absolute atomic E-state index is 0. The number of hydrogen-bond donors (Lipinski definition) is 0. The summed E-state index contributed by atoms with van der Waals surface area (Å²) in [6.45, 7) is 8.51. The molecule has 0 rings (SSSR count). The molecule has 0 atom stereocenters. The molecule has 0 saturated carbocycles. The molecule has 0 unspecified atom stereocenters. The lowest BCUT2D eigenvalue weighted by Crippen LogP contribution is -2.04. The van der Waals surface area contributed by atoms with E-state index >= 15 is 0 Å². The van der Waals surface area contributed by atoms with Crippen LogP contribution >= 0.6 is 0 Å². The van der Waals surface area contributed by atoms with Gasteiger partial charge in [0.2, 0.25) is 0 Å². The molecule has 0 radical (unpaired) electrons. The smallest absolute Gasteiger partial charge is 0.132 e. The van der Waals surface area contributed by atoms with Crippen LogP contribution in [0.2, 0.25) is 0 Å². The first-order valence-corrected chi connectivity index (χ1v) is 6.95. The summed E-state index contributed by atoms with van der Waals surface area (Å²) in [4.78, 5) is 23.0. The van der Waals surface area contributed by atoms with Gasteiger partial charge in [-0.1, -0.05) is 42.5 Å². The van der Waals surface area contributed by atoms with E-state index in [1.165, 1.54) is 0 Å². The minimum Gasteiger partial charge on any atom is -0.300 e. The van der Waals surface area contributed by atoms with Gasteiger partial charge >= 0.3 is 0 Å². The zero-order chi connectivity index (χ0) is 13.3. The highest BCUT2D eigenvalue weighted by molar-refractivity contribution is 5.81. The van der Waals surface area contributed by atoms with Crippen molar-refractivity contribution in [3.05, 3.63) is 0 Å². The Morgan fingerprint density at radius 2 is 1.00 bits per heavy atom. The zero-order valence-corrected chi connectivity index (χ0v) is 11.9. The molecule has 0 aliphatic rings. The van der Waals surface area contributed by atoms with Gasteiger partial charge in [-0.2, -0.15) is 0 Å². The van der Waals surface area contributed by atoms with Gasteiger partial charge in [-0.15, -0.1) is 0 Å². The number of hydrogen-bond acceptors (Lipinski definition) is 2. The van der Waals surface area contributed by atoms with Gasteiger partial charge in [0, 0.05) is 25.7 Å². The maximum absolute atomic E-state index is 11.5. The summed E-state index contributed by atoms with van der Waals surface area (Å²) in [5, 5.41) is 0. The number of rotatable bonds is 10. The van der Waals surface area contributed by atoms with Crippen molar-refractivity contribution in [3.8, 4) is 0 Å². The largest absolute Gasteiger partial charge is 0.300 e. The molecule has 0 aromatic carbocycles. The fourth-order valence-electron chi connectivity index (χ4n) is 1.63. The standard InChI is InChI=1S/C15H28O2.2CH4/c1-12(2)8-10-14(16)6-5-7-15(17)11-9-13(3)4;;/h12-13H,5-11H2,1-4H3;2*1H4. The Morgan fingerprint density at radius 1 is 0.684 bits per heavy atom. The highest BCUT2D eigenvalue weighted by Crippen LogP contribution is 2.10. The maximum atomic E-state index is 11.5. The topological polar surface area (TPSA) is 34.1 Å². The average molecular weight is 272 g/mol. The first kappa shape index (κ1) is 23.4. The molecule has 19 heavy (non-hydrogen) atoms. The van der Waals surface area contributed by atoms with Crippen molar-refractivity contribution < 1.29 is 9.59 Å². The van der Waals surface area contributed by atoms with Gasteiger partial charge in [0.1, 0.15) is 11.6 Å². The van der Waals surface area contributed by atoms with Crippen molar-refractivity contribution >= 4 is 11.6 Å². The van der Waals surface area contributed by atoms with Crippen molar-refractivity contribution in [1.29, 1.82) is 0 Å². The normalized spacial score (nSPS) is 10.0. The Kier molecular flexibility index (Phi) is 17.0. The molecular formula is C17H36O2. The van der Waals surface area contributed by atoms with E-state index in [4.69, 9.17) is 0 Å². The fourth-order valence-corrected chi connectivity index (χ4v) is 1.63. The second-order valence-electron chi connectivity index (χ2n) is 5.80. The fraction of sp³-hybridized carbons (Fsp3) is 0.882. The molecule has 0 fully saturated rings. The molecule has 2 heteroatoms. The SMILES string of the molecule is C.C.CC(C)CCC(=O)CCCC(=O)CCC(C)C. The average Bonchev–Trinajstić information content (AvgIpc) is 2.23. The molecule has 0 N–H and O–H groups in total. The van der Waals surface area contributed by atoms with Crippen molar-refractivity contribution in [2.75, 3.05) is 0 Å². The van der Waals surface area contributed by atoms with Gasteiger partial charge in [-0.3, -0.25) is 9.59 Å². The molecule has 0 aromatic heterocycles. The van der Waals surface area contributed by atoms with Gasteiger partial charge < -0.3 is 0 Å². The molecule has 0 amide bonds. The molecule has 0 bridgehead atoms. The van der Waals surface area contributed by atoms with Crippen LogP contribution in [0.5, 0.6) is 0 Å². The van der Waals surface area contributed by atoms with E-state index in [0.29, 0.717) is 49.1 Å². The monoisotopic (exact) mass is 272 g/mol. The highest BCUT2D eigenvalue weighted by Gasteiger charge is 2.07. The maximum Gasteiger partial charge on any atom is 0.132 e. The van der Waals surface area contributed by atoms with Gasteiger partial charge in [0.25, 0.3) is 0 Å². The van der Waals surface area contributed by atoms with Gasteiger partial charge in [-0.05, 0) is 31.1 Å². The summed E-state index contributed by atoms with van der Waals surface area (Å²) in [7, 11) is 0. The summed E-state index contributed by atoms with van der Waals surface area (Å²) in [5.74, 6) is 1.81. The Bertz CT molecular complexity index is 205. The number of carbonyl (C=O) groups is 2. The second kappa shape index (κ2) is 13.8. The molecular weight excluding hydrogens is 236 g/mol. The van der Waals surface area contributed by atoms with E-state index in [-0.39, 0.29) is 14.9 Å².